The van der Waals surface area contributed by atoms with Crippen LogP contribution in [0, 0.1) is 5.92 Å². The highest BCUT2D eigenvalue weighted by Crippen LogP contribution is 2.33. The number of hydrogen-bond acceptors (Lipinski definition) is 1. The lowest BCUT2D eigenvalue weighted by Crippen LogP contribution is -2.59. The van der Waals surface area contributed by atoms with Gasteiger partial charge in [0.25, 0.3) is 0 Å². The van der Waals surface area contributed by atoms with E-state index in [4.69, 9.17) is 0 Å². The van der Waals surface area contributed by atoms with Gasteiger partial charge in [0.2, 0.25) is 0 Å². The van der Waals surface area contributed by atoms with Crippen LogP contribution >= 0.6 is 0 Å². The maximum atomic E-state index is 12.7. The van der Waals surface area contributed by atoms with E-state index in [1.54, 1.807) is 6.07 Å². The van der Waals surface area contributed by atoms with Gasteiger partial charge in [-0.25, -0.2) is 0 Å². The molecule has 106 valence electrons. The van der Waals surface area contributed by atoms with Crippen LogP contribution in [0.15, 0.2) is 24.3 Å². The van der Waals surface area contributed by atoms with Crippen LogP contribution in [0.1, 0.15) is 37.8 Å². The third-order valence-corrected chi connectivity index (χ3v) is 3.70. The first-order valence-electron chi connectivity index (χ1n) is 6.72. The Hall–Kier alpha value is -1.03. The summed E-state index contributed by atoms with van der Waals surface area (Å²) in [6.45, 7) is 5.26. The van der Waals surface area contributed by atoms with Gasteiger partial charge in [-0.3, -0.25) is 0 Å². The zero-order chi connectivity index (χ0) is 14.1. The molecule has 1 saturated heterocycles. The van der Waals surface area contributed by atoms with Crippen LogP contribution in [-0.4, -0.2) is 12.1 Å². The Labute approximate surface area is 112 Å². The molecule has 19 heavy (non-hydrogen) atoms. The molecule has 1 fully saturated rings. The summed E-state index contributed by atoms with van der Waals surface area (Å²) in [7, 11) is 0. The molecule has 1 nitrogen and oxygen atoms in total. The summed E-state index contributed by atoms with van der Waals surface area (Å²) in [6, 6.07) is 5.70. The fourth-order valence-electron chi connectivity index (χ4n) is 2.91. The van der Waals surface area contributed by atoms with Gasteiger partial charge in [-0.2, -0.15) is 13.2 Å². The van der Waals surface area contributed by atoms with E-state index >= 15 is 0 Å². The van der Waals surface area contributed by atoms with Crippen molar-refractivity contribution in [1.29, 1.82) is 0 Å². The van der Waals surface area contributed by atoms with Crippen molar-refractivity contribution in [1.82, 2.24) is 5.32 Å². The van der Waals surface area contributed by atoms with Gasteiger partial charge in [0, 0.05) is 5.54 Å². The lowest BCUT2D eigenvalue weighted by Gasteiger charge is -2.45. The van der Waals surface area contributed by atoms with E-state index in [1.807, 2.05) is 0 Å². The number of rotatable bonds is 4. The molecule has 1 heterocycles. The van der Waals surface area contributed by atoms with Crippen molar-refractivity contribution in [2.45, 2.75) is 44.8 Å². The standard InChI is InChI=1S/C15H20F3N/c1-11(2)9-14(6-7-19-14)10-12-4-3-5-13(8-12)15(16,17)18/h3-5,8,11,19H,6-7,9-10H2,1-2H3. The molecule has 1 aromatic carbocycles. The van der Waals surface area contributed by atoms with Crippen LogP contribution in [0.4, 0.5) is 13.2 Å². The minimum atomic E-state index is -4.26. The van der Waals surface area contributed by atoms with Gasteiger partial charge in [0.15, 0.2) is 0 Å². The Morgan fingerprint density at radius 1 is 1.32 bits per heavy atom. The summed E-state index contributed by atoms with van der Waals surface area (Å²) in [5, 5.41) is 3.42. The number of nitrogens with one attached hydrogen (secondary N) is 1. The Morgan fingerprint density at radius 2 is 2.00 bits per heavy atom. The number of hydrogen-bond donors (Lipinski definition) is 1. The first kappa shape index (κ1) is 14.4. The van der Waals surface area contributed by atoms with Crippen molar-refractivity contribution in [3.05, 3.63) is 35.4 Å². The summed E-state index contributed by atoms with van der Waals surface area (Å²) in [5.41, 5.74) is 0.213. The summed E-state index contributed by atoms with van der Waals surface area (Å²) in [6.07, 6.45) is -1.53. The quantitative estimate of drug-likeness (QED) is 0.872. The molecule has 1 aliphatic heterocycles. The van der Waals surface area contributed by atoms with Crippen molar-refractivity contribution in [3.8, 4) is 0 Å². The Bertz CT molecular complexity index is 433. The highest BCUT2D eigenvalue weighted by atomic mass is 19.4. The molecular formula is C15H20F3N. The third kappa shape index (κ3) is 3.50. The molecule has 0 aliphatic carbocycles. The zero-order valence-electron chi connectivity index (χ0n) is 11.3. The Kier molecular flexibility index (Phi) is 3.90. The average Bonchev–Trinajstić information content (AvgIpc) is 2.24. The van der Waals surface area contributed by atoms with Gasteiger partial charge in [-0.1, -0.05) is 32.0 Å². The van der Waals surface area contributed by atoms with Crippen LogP contribution < -0.4 is 5.32 Å². The van der Waals surface area contributed by atoms with E-state index in [1.165, 1.54) is 12.1 Å². The van der Waals surface area contributed by atoms with Crippen molar-refractivity contribution >= 4 is 0 Å². The summed E-state index contributed by atoms with van der Waals surface area (Å²) in [5.74, 6) is 0.540. The summed E-state index contributed by atoms with van der Waals surface area (Å²) >= 11 is 0. The average molecular weight is 271 g/mol. The van der Waals surface area contributed by atoms with E-state index in [0.717, 1.165) is 31.0 Å². The maximum Gasteiger partial charge on any atom is 0.416 e. The molecule has 2 rings (SSSR count). The zero-order valence-corrected chi connectivity index (χ0v) is 11.3. The monoisotopic (exact) mass is 271 g/mol. The number of benzene rings is 1. The van der Waals surface area contributed by atoms with E-state index in [-0.39, 0.29) is 5.54 Å². The van der Waals surface area contributed by atoms with Crippen LogP contribution in [0.2, 0.25) is 0 Å². The highest BCUT2D eigenvalue weighted by Gasteiger charge is 2.37. The topological polar surface area (TPSA) is 12.0 Å². The second kappa shape index (κ2) is 5.16. The van der Waals surface area contributed by atoms with Crippen molar-refractivity contribution < 1.29 is 13.2 Å². The largest absolute Gasteiger partial charge is 0.416 e. The summed E-state index contributed by atoms with van der Waals surface area (Å²) in [4.78, 5) is 0. The van der Waals surface area contributed by atoms with Crippen LogP contribution in [0.25, 0.3) is 0 Å². The molecule has 0 aromatic heterocycles. The molecule has 1 atom stereocenters. The predicted octanol–water partition coefficient (Wildman–Crippen LogP) is 4.03. The second-order valence-corrected chi connectivity index (χ2v) is 5.93. The summed E-state index contributed by atoms with van der Waals surface area (Å²) < 4.78 is 38.1. The maximum absolute atomic E-state index is 12.7. The van der Waals surface area contributed by atoms with Gasteiger partial charge >= 0.3 is 6.18 Å². The number of alkyl halides is 3. The fraction of sp³-hybridized carbons (Fsp3) is 0.600. The third-order valence-electron chi connectivity index (χ3n) is 3.70. The molecule has 1 unspecified atom stereocenters. The lowest BCUT2D eigenvalue weighted by atomic mass is 9.76. The molecule has 1 N–H and O–H groups in total. The van der Waals surface area contributed by atoms with Crippen molar-refractivity contribution in [2.75, 3.05) is 6.54 Å². The van der Waals surface area contributed by atoms with Gasteiger partial charge in [-0.05, 0) is 43.4 Å². The van der Waals surface area contributed by atoms with Gasteiger partial charge in [0.1, 0.15) is 0 Å². The van der Waals surface area contributed by atoms with E-state index in [0.29, 0.717) is 12.3 Å². The predicted molar refractivity (Wildman–Crippen MR) is 70.0 cm³/mol. The highest BCUT2D eigenvalue weighted by molar-refractivity contribution is 5.27. The molecule has 4 heteroatoms. The smallest absolute Gasteiger partial charge is 0.311 e. The molecule has 0 bridgehead atoms. The first-order chi connectivity index (χ1) is 8.81. The minimum Gasteiger partial charge on any atom is -0.311 e. The molecule has 0 saturated carbocycles. The fourth-order valence-corrected chi connectivity index (χ4v) is 2.91. The Morgan fingerprint density at radius 3 is 2.47 bits per heavy atom. The van der Waals surface area contributed by atoms with Crippen LogP contribution in [0.5, 0.6) is 0 Å². The molecular weight excluding hydrogens is 251 g/mol. The van der Waals surface area contributed by atoms with Crippen LogP contribution in [-0.2, 0) is 12.6 Å². The number of halogens is 3. The minimum absolute atomic E-state index is 0.00160. The molecule has 0 radical (unpaired) electrons. The Balaban J connectivity index is 2.14. The second-order valence-electron chi connectivity index (χ2n) is 5.93. The van der Waals surface area contributed by atoms with E-state index in [9.17, 15) is 13.2 Å². The molecule has 0 amide bonds. The molecule has 0 spiro atoms. The molecule has 1 aromatic rings. The van der Waals surface area contributed by atoms with Crippen molar-refractivity contribution in [3.63, 3.8) is 0 Å². The normalized spacial score (nSPS) is 23.5. The van der Waals surface area contributed by atoms with Gasteiger partial charge in [-0.15, -0.1) is 0 Å². The van der Waals surface area contributed by atoms with Gasteiger partial charge in [0.05, 0.1) is 5.56 Å². The van der Waals surface area contributed by atoms with Crippen molar-refractivity contribution in [2.24, 2.45) is 5.92 Å². The first-order valence-corrected chi connectivity index (χ1v) is 6.72. The van der Waals surface area contributed by atoms with Crippen LogP contribution in [0.3, 0.4) is 0 Å². The van der Waals surface area contributed by atoms with E-state index < -0.39 is 11.7 Å². The SMILES string of the molecule is CC(C)CC1(Cc2cccc(C(F)(F)F)c2)CCN1. The molecule has 1 aliphatic rings. The van der Waals surface area contributed by atoms with Gasteiger partial charge < -0.3 is 5.32 Å². The lowest BCUT2D eigenvalue weighted by molar-refractivity contribution is -0.137. The van der Waals surface area contributed by atoms with E-state index in [2.05, 4.69) is 19.2 Å².